The molecule has 3 rings (SSSR count). The van der Waals surface area contributed by atoms with E-state index in [2.05, 4.69) is 24.3 Å². The van der Waals surface area contributed by atoms with Crippen LogP contribution < -0.4 is 0 Å². The van der Waals surface area contributed by atoms with E-state index in [0.29, 0.717) is 17.6 Å². The Balaban J connectivity index is 1.62. The predicted molar refractivity (Wildman–Crippen MR) is 78.3 cm³/mol. The van der Waals surface area contributed by atoms with Crippen molar-refractivity contribution in [2.45, 2.75) is 63.7 Å². The number of aryl methyl sites for hydroxylation is 1. The Bertz CT molecular complexity index is 443. The molecule has 0 heterocycles. The van der Waals surface area contributed by atoms with Gasteiger partial charge in [-0.15, -0.1) is 0 Å². The normalized spacial score (nSPS) is 23.3. The van der Waals surface area contributed by atoms with E-state index < -0.39 is 0 Å². The third-order valence-electron chi connectivity index (χ3n) is 4.96. The average molecular weight is 256 g/mol. The second kappa shape index (κ2) is 5.90. The van der Waals surface area contributed by atoms with Gasteiger partial charge in [0, 0.05) is 12.8 Å². The average Bonchev–Trinajstić information content (AvgIpc) is 2.92. The zero-order valence-electron chi connectivity index (χ0n) is 11.7. The smallest absolute Gasteiger partial charge is 0.133 e. The maximum atomic E-state index is 12.3. The van der Waals surface area contributed by atoms with Crippen LogP contribution in [0.25, 0.3) is 0 Å². The van der Waals surface area contributed by atoms with Gasteiger partial charge in [-0.1, -0.05) is 49.9 Å². The fourth-order valence-corrected chi connectivity index (χ4v) is 3.96. The van der Waals surface area contributed by atoms with E-state index >= 15 is 0 Å². The number of carbonyl (C=O) groups excluding carboxylic acids is 1. The number of hydrogen-bond donors (Lipinski definition) is 0. The highest BCUT2D eigenvalue weighted by Gasteiger charge is 2.24. The molecule has 0 aliphatic heterocycles. The SMILES string of the molecule is O=C(CC1CCCC1)CC1CCCc2ccccc21. The first-order valence-corrected chi connectivity index (χ1v) is 7.92. The van der Waals surface area contributed by atoms with Crippen LogP contribution in [0.15, 0.2) is 24.3 Å². The molecule has 102 valence electrons. The molecule has 0 radical (unpaired) electrons. The van der Waals surface area contributed by atoms with Crippen molar-refractivity contribution in [3.8, 4) is 0 Å². The lowest BCUT2D eigenvalue weighted by Gasteiger charge is -2.25. The lowest BCUT2D eigenvalue weighted by molar-refractivity contribution is -0.120. The van der Waals surface area contributed by atoms with Crippen molar-refractivity contribution in [2.24, 2.45) is 5.92 Å². The molecule has 2 aliphatic carbocycles. The monoisotopic (exact) mass is 256 g/mol. The number of hydrogen-bond acceptors (Lipinski definition) is 1. The quantitative estimate of drug-likeness (QED) is 0.766. The molecule has 0 spiro atoms. The maximum Gasteiger partial charge on any atom is 0.133 e. The second-order valence-electron chi connectivity index (χ2n) is 6.39. The highest BCUT2D eigenvalue weighted by atomic mass is 16.1. The summed E-state index contributed by atoms with van der Waals surface area (Å²) in [6.45, 7) is 0. The third-order valence-corrected chi connectivity index (χ3v) is 4.96. The molecule has 2 aliphatic rings. The number of carbonyl (C=O) groups is 1. The molecule has 1 aromatic rings. The van der Waals surface area contributed by atoms with Crippen LogP contribution in [0.5, 0.6) is 0 Å². The molecule has 0 saturated heterocycles. The van der Waals surface area contributed by atoms with Crippen LogP contribution in [0.3, 0.4) is 0 Å². The Morgan fingerprint density at radius 3 is 2.63 bits per heavy atom. The summed E-state index contributed by atoms with van der Waals surface area (Å²) in [7, 11) is 0. The van der Waals surface area contributed by atoms with Gasteiger partial charge >= 0.3 is 0 Å². The predicted octanol–water partition coefficient (Wildman–Crippen LogP) is 4.65. The first kappa shape index (κ1) is 12.9. The van der Waals surface area contributed by atoms with Gasteiger partial charge in [0.15, 0.2) is 0 Å². The minimum absolute atomic E-state index is 0.499. The zero-order chi connectivity index (χ0) is 13.1. The molecule has 19 heavy (non-hydrogen) atoms. The summed E-state index contributed by atoms with van der Waals surface area (Å²) in [5.74, 6) is 1.71. The van der Waals surface area contributed by atoms with Crippen LogP contribution in [0.2, 0.25) is 0 Å². The van der Waals surface area contributed by atoms with Crippen LogP contribution >= 0.6 is 0 Å². The van der Waals surface area contributed by atoms with Gasteiger partial charge in [-0.2, -0.15) is 0 Å². The number of fused-ring (bicyclic) bond motifs is 1. The Morgan fingerprint density at radius 1 is 1.00 bits per heavy atom. The minimum atomic E-state index is 0.499. The van der Waals surface area contributed by atoms with Gasteiger partial charge in [0.1, 0.15) is 5.78 Å². The molecule has 0 N–H and O–H groups in total. The summed E-state index contributed by atoms with van der Waals surface area (Å²) in [5, 5.41) is 0. The van der Waals surface area contributed by atoms with E-state index in [1.807, 2.05) is 0 Å². The molecular formula is C18H24O. The lowest BCUT2D eigenvalue weighted by Crippen LogP contribution is -2.15. The highest BCUT2D eigenvalue weighted by Crippen LogP contribution is 2.35. The number of Topliss-reactive ketones (excluding diaryl/α,β-unsaturated/α-hetero) is 1. The molecule has 0 aromatic heterocycles. The molecule has 1 atom stereocenters. The van der Waals surface area contributed by atoms with Crippen molar-refractivity contribution in [3.05, 3.63) is 35.4 Å². The van der Waals surface area contributed by atoms with Gasteiger partial charge in [-0.25, -0.2) is 0 Å². The molecule has 1 unspecified atom stereocenters. The summed E-state index contributed by atoms with van der Waals surface area (Å²) in [6, 6.07) is 8.73. The second-order valence-corrected chi connectivity index (χ2v) is 6.39. The van der Waals surface area contributed by atoms with E-state index in [1.54, 1.807) is 0 Å². The first-order chi connectivity index (χ1) is 9.33. The van der Waals surface area contributed by atoms with E-state index in [-0.39, 0.29) is 0 Å². The number of benzene rings is 1. The van der Waals surface area contributed by atoms with Gasteiger partial charge in [0.2, 0.25) is 0 Å². The third kappa shape index (κ3) is 3.08. The highest BCUT2D eigenvalue weighted by molar-refractivity contribution is 5.79. The fourth-order valence-electron chi connectivity index (χ4n) is 3.96. The minimum Gasteiger partial charge on any atom is -0.300 e. The summed E-state index contributed by atoms with van der Waals surface area (Å²) in [5.41, 5.74) is 2.93. The number of rotatable bonds is 4. The Labute approximate surface area is 116 Å². The van der Waals surface area contributed by atoms with Crippen molar-refractivity contribution in [3.63, 3.8) is 0 Å². The van der Waals surface area contributed by atoms with Crippen LogP contribution in [0.4, 0.5) is 0 Å². The summed E-state index contributed by atoms with van der Waals surface area (Å²) in [6.07, 6.45) is 10.5. The Kier molecular flexibility index (Phi) is 4.00. The van der Waals surface area contributed by atoms with Crippen molar-refractivity contribution in [1.29, 1.82) is 0 Å². The molecule has 1 heteroatoms. The number of ketones is 1. The van der Waals surface area contributed by atoms with Gasteiger partial charge < -0.3 is 0 Å². The van der Waals surface area contributed by atoms with Crippen LogP contribution in [-0.4, -0.2) is 5.78 Å². The van der Waals surface area contributed by atoms with Gasteiger partial charge in [-0.05, 0) is 42.2 Å². The molecule has 1 aromatic carbocycles. The van der Waals surface area contributed by atoms with Crippen molar-refractivity contribution >= 4 is 5.78 Å². The molecule has 1 saturated carbocycles. The zero-order valence-corrected chi connectivity index (χ0v) is 11.7. The maximum absolute atomic E-state index is 12.3. The molecular weight excluding hydrogens is 232 g/mol. The van der Waals surface area contributed by atoms with Crippen molar-refractivity contribution < 1.29 is 4.79 Å². The largest absolute Gasteiger partial charge is 0.300 e. The van der Waals surface area contributed by atoms with E-state index in [4.69, 9.17) is 0 Å². The first-order valence-electron chi connectivity index (χ1n) is 7.92. The standard InChI is InChI=1S/C18H24O/c19-17(12-14-6-1-2-7-14)13-16-10-5-9-15-8-3-4-11-18(15)16/h3-4,8,11,14,16H,1-2,5-7,9-10,12-13H2. The van der Waals surface area contributed by atoms with E-state index in [1.165, 1.54) is 56.1 Å². The molecule has 1 nitrogen and oxygen atoms in total. The van der Waals surface area contributed by atoms with Gasteiger partial charge in [0.05, 0.1) is 0 Å². The Morgan fingerprint density at radius 2 is 1.79 bits per heavy atom. The van der Waals surface area contributed by atoms with Crippen LogP contribution in [-0.2, 0) is 11.2 Å². The molecule has 0 bridgehead atoms. The van der Waals surface area contributed by atoms with Gasteiger partial charge in [0.25, 0.3) is 0 Å². The summed E-state index contributed by atoms with van der Waals surface area (Å²) < 4.78 is 0. The van der Waals surface area contributed by atoms with Crippen molar-refractivity contribution in [1.82, 2.24) is 0 Å². The summed E-state index contributed by atoms with van der Waals surface area (Å²) in [4.78, 5) is 12.3. The van der Waals surface area contributed by atoms with Crippen LogP contribution in [0.1, 0.15) is 68.4 Å². The van der Waals surface area contributed by atoms with E-state index in [9.17, 15) is 4.79 Å². The molecule has 0 amide bonds. The molecule has 1 fully saturated rings. The fraction of sp³-hybridized carbons (Fsp3) is 0.611. The van der Waals surface area contributed by atoms with Crippen molar-refractivity contribution in [2.75, 3.05) is 0 Å². The lowest BCUT2D eigenvalue weighted by atomic mass is 9.79. The summed E-state index contributed by atoms with van der Waals surface area (Å²) >= 11 is 0. The van der Waals surface area contributed by atoms with Gasteiger partial charge in [-0.3, -0.25) is 4.79 Å². The Hall–Kier alpha value is -1.11. The van der Waals surface area contributed by atoms with Crippen LogP contribution in [0, 0.1) is 5.92 Å². The van der Waals surface area contributed by atoms with E-state index in [0.717, 1.165) is 12.8 Å². The topological polar surface area (TPSA) is 17.1 Å².